The van der Waals surface area contributed by atoms with E-state index in [1.165, 1.54) is 0 Å². The average Bonchev–Trinajstić information content (AvgIpc) is 2.75. The van der Waals surface area contributed by atoms with E-state index in [9.17, 15) is 0 Å². The van der Waals surface area contributed by atoms with Gasteiger partial charge in [-0.3, -0.25) is 4.57 Å². The van der Waals surface area contributed by atoms with Crippen LogP contribution in [0.15, 0.2) is 42.5 Å². The van der Waals surface area contributed by atoms with Crippen molar-refractivity contribution < 1.29 is 4.74 Å². The predicted molar refractivity (Wildman–Crippen MR) is 94.0 cm³/mol. The van der Waals surface area contributed by atoms with Crippen LogP contribution in [0.1, 0.15) is 13.8 Å². The van der Waals surface area contributed by atoms with Crippen molar-refractivity contribution in [3.05, 3.63) is 46.0 Å². The second-order valence-electron chi connectivity index (χ2n) is 5.08. The first-order valence-corrected chi connectivity index (χ1v) is 7.83. The molecule has 108 valence electrons. The Labute approximate surface area is 137 Å². The van der Waals surface area contributed by atoms with E-state index in [2.05, 4.69) is 33.6 Å². The van der Waals surface area contributed by atoms with E-state index in [0.29, 0.717) is 5.95 Å². The lowest BCUT2D eigenvalue weighted by atomic mass is 10.2. The molecule has 5 heteroatoms. The topological polar surface area (TPSA) is 53.1 Å². The molecule has 3 aromatic rings. The van der Waals surface area contributed by atoms with Gasteiger partial charge in [-0.25, -0.2) is 4.98 Å². The summed E-state index contributed by atoms with van der Waals surface area (Å²) in [5.41, 5.74) is 8.88. The van der Waals surface area contributed by atoms with E-state index in [1.807, 2.05) is 54.8 Å². The molecule has 0 saturated carbocycles. The van der Waals surface area contributed by atoms with Crippen LogP contribution in [0.4, 0.5) is 5.95 Å². The summed E-state index contributed by atoms with van der Waals surface area (Å²) in [5, 5.41) is 0. The van der Waals surface area contributed by atoms with Crippen LogP contribution in [0.25, 0.3) is 16.7 Å². The molecule has 0 saturated heterocycles. The van der Waals surface area contributed by atoms with E-state index in [4.69, 9.17) is 10.5 Å². The van der Waals surface area contributed by atoms with Gasteiger partial charge in [-0.15, -0.1) is 0 Å². The molecule has 2 N–H and O–H groups in total. The first kappa shape index (κ1) is 14.2. The molecule has 0 aliphatic heterocycles. The number of halogens is 1. The summed E-state index contributed by atoms with van der Waals surface area (Å²) in [4.78, 5) is 4.49. The molecule has 0 aliphatic rings. The van der Waals surface area contributed by atoms with E-state index in [-0.39, 0.29) is 6.10 Å². The minimum atomic E-state index is 0.0969. The van der Waals surface area contributed by atoms with Crippen molar-refractivity contribution >= 4 is 39.6 Å². The van der Waals surface area contributed by atoms with Gasteiger partial charge in [0.2, 0.25) is 5.95 Å². The first-order valence-electron chi connectivity index (χ1n) is 6.76. The van der Waals surface area contributed by atoms with Gasteiger partial charge in [-0.1, -0.05) is 12.1 Å². The molecular formula is C16H16IN3O. The Kier molecular flexibility index (Phi) is 3.75. The Bertz CT molecular complexity index is 795. The number of fused-ring (bicyclic) bond motifs is 1. The Hall–Kier alpha value is -1.76. The van der Waals surface area contributed by atoms with E-state index >= 15 is 0 Å². The second kappa shape index (κ2) is 5.55. The highest BCUT2D eigenvalue weighted by Crippen LogP contribution is 2.30. The van der Waals surface area contributed by atoms with Gasteiger partial charge in [-0.05, 0) is 66.8 Å². The lowest BCUT2D eigenvalue weighted by Crippen LogP contribution is -2.05. The summed E-state index contributed by atoms with van der Waals surface area (Å²) in [7, 11) is 0. The normalized spacial score (nSPS) is 11.2. The highest BCUT2D eigenvalue weighted by molar-refractivity contribution is 14.1. The number of para-hydroxylation sites is 1. The number of nitrogens with two attached hydrogens (primary N) is 1. The van der Waals surface area contributed by atoms with E-state index < -0.39 is 0 Å². The van der Waals surface area contributed by atoms with Crippen molar-refractivity contribution in [3.8, 4) is 11.4 Å². The molecule has 3 rings (SSSR count). The molecule has 0 amide bonds. The molecule has 0 atom stereocenters. The minimum absolute atomic E-state index is 0.0969. The zero-order chi connectivity index (χ0) is 15.0. The van der Waals surface area contributed by atoms with Crippen molar-refractivity contribution in [1.29, 1.82) is 0 Å². The number of benzene rings is 2. The summed E-state index contributed by atoms with van der Waals surface area (Å²) in [6, 6.07) is 14.1. The third-order valence-electron chi connectivity index (χ3n) is 3.10. The maximum atomic E-state index is 6.13. The number of aromatic nitrogens is 2. The van der Waals surface area contributed by atoms with Gasteiger partial charge < -0.3 is 10.5 Å². The van der Waals surface area contributed by atoms with Gasteiger partial charge in [0, 0.05) is 3.57 Å². The van der Waals surface area contributed by atoms with Crippen molar-refractivity contribution in [3.63, 3.8) is 0 Å². The lowest BCUT2D eigenvalue weighted by molar-refractivity contribution is 0.245. The number of hydrogen-bond donors (Lipinski definition) is 1. The van der Waals surface area contributed by atoms with Gasteiger partial charge in [-0.2, -0.15) is 0 Å². The monoisotopic (exact) mass is 393 g/mol. The Morgan fingerprint density at radius 1 is 1.19 bits per heavy atom. The fraction of sp³-hybridized carbons (Fsp3) is 0.188. The van der Waals surface area contributed by atoms with Crippen LogP contribution < -0.4 is 10.5 Å². The lowest BCUT2D eigenvalue weighted by Gasteiger charge is -2.10. The number of imidazole rings is 1. The second-order valence-corrected chi connectivity index (χ2v) is 6.32. The number of nitrogens with zero attached hydrogens (tertiary/aromatic N) is 2. The molecule has 0 radical (unpaired) electrons. The molecule has 0 unspecified atom stereocenters. The standard InChI is InChI=1S/C16H16IN3O/c1-10(2)21-14-8-4-7-13-15(14)19-16(18)20(13)12-6-3-5-11(17)9-12/h3-10H,1-2H3,(H2,18,19). The number of rotatable bonds is 3. The van der Waals surface area contributed by atoms with Crippen LogP contribution in [-0.4, -0.2) is 15.7 Å². The predicted octanol–water partition coefficient (Wildman–Crippen LogP) is 4.00. The third-order valence-corrected chi connectivity index (χ3v) is 3.77. The van der Waals surface area contributed by atoms with Crippen LogP contribution >= 0.6 is 22.6 Å². The summed E-state index contributed by atoms with van der Waals surface area (Å²) in [6.45, 7) is 4.00. The molecule has 1 aromatic heterocycles. The summed E-state index contributed by atoms with van der Waals surface area (Å²) >= 11 is 2.29. The average molecular weight is 393 g/mol. The summed E-state index contributed by atoms with van der Waals surface area (Å²) in [6.07, 6.45) is 0.0969. The molecule has 2 aromatic carbocycles. The minimum Gasteiger partial charge on any atom is -0.489 e. The SMILES string of the molecule is CC(C)Oc1cccc2c1nc(N)n2-c1cccc(I)c1. The maximum Gasteiger partial charge on any atom is 0.206 e. The smallest absolute Gasteiger partial charge is 0.206 e. The number of hydrogen-bond acceptors (Lipinski definition) is 3. The van der Waals surface area contributed by atoms with Crippen LogP contribution in [0.2, 0.25) is 0 Å². The number of anilines is 1. The van der Waals surface area contributed by atoms with Crippen molar-refractivity contribution in [2.75, 3.05) is 5.73 Å². The first-order chi connectivity index (χ1) is 10.1. The van der Waals surface area contributed by atoms with E-state index in [1.54, 1.807) is 0 Å². The zero-order valence-corrected chi connectivity index (χ0v) is 14.0. The van der Waals surface area contributed by atoms with Crippen LogP contribution in [0.5, 0.6) is 5.75 Å². The summed E-state index contributed by atoms with van der Waals surface area (Å²) in [5.74, 6) is 1.23. The molecule has 4 nitrogen and oxygen atoms in total. The van der Waals surface area contributed by atoms with Crippen LogP contribution in [0.3, 0.4) is 0 Å². The molecule has 0 spiro atoms. The fourth-order valence-electron chi connectivity index (χ4n) is 2.33. The third kappa shape index (κ3) is 2.70. The van der Waals surface area contributed by atoms with Crippen LogP contribution in [0, 0.1) is 3.57 Å². The number of ether oxygens (including phenoxy) is 1. The zero-order valence-electron chi connectivity index (χ0n) is 11.9. The van der Waals surface area contributed by atoms with E-state index in [0.717, 1.165) is 26.0 Å². The maximum absolute atomic E-state index is 6.13. The molecule has 21 heavy (non-hydrogen) atoms. The highest BCUT2D eigenvalue weighted by Gasteiger charge is 2.14. The van der Waals surface area contributed by atoms with Gasteiger partial charge in [0.15, 0.2) is 0 Å². The number of nitrogen functional groups attached to an aromatic ring is 1. The largest absolute Gasteiger partial charge is 0.489 e. The highest BCUT2D eigenvalue weighted by atomic mass is 127. The molecule has 0 fully saturated rings. The van der Waals surface area contributed by atoms with Crippen molar-refractivity contribution in [2.24, 2.45) is 0 Å². The Balaban J connectivity index is 2.23. The van der Waals surface area contributed by atoms with Gasteiger partial charge in [0.1, 0.15) is 11.3 Å². The molecule has 0 bridgehead atoms. The van der Waals surface area contributed by atoms with Crippen molar-refractivity contribution in [1.82, 2.24) is 9.55 Å². The van der Waals surface area contributed by atoms with Crippen LogP contribution in [-0.2, 0) is 0 Å². The molecular weight excluding hydrogens is 377 g/mol. The van der Waals surface area contributed by atoms with Gasteiger partial charge in [0.05, 0.1) is 17.3 Å². The Morgan fingerprint density at radius 2 is 1.95 bits per heavy atom. The quantitative estimate of drug-likeness (QED) is 0.685. The fourth-order valence-corrected chi connectivity index (χ4v) is 2.85. The molecule has 0 aliphatic carbocycles. The Morgan fingerprint density at radius 3 is 2.67 bits per heavy atom. The molecule has 1 heterocycles. The van der Waals surface area contributed by atoms with Crippen molar-refractivity contribution in [2.45, 2.75) is 20.0 Å². The van der Waals surface area contributed by atoms with Gasteiger partial charge in [0.25, 0.3) is 0 Å². The summed E-state index contributed by atoms with van der Waals surface area (Å²) < 4.78 is 8.93. The van der Waals surface area contributed by atoms with Gasteiger partial charge >= 0.3 is 0 Å².